The molecule has 0 aliphatic heterocycles. The van der Waals surface area contributed by atoms with E-state index in [1.54, 1.807) is 4.68 Å². The van der Waals surface area contributed by atoms with E-state index in [9.17, 15) is 4.79 Å². The zero-order valence-corrected chi connectivity index (χ0v) is 11.9. The van der Waals surface area contributed by atoms with Crippen LogP contribution in [0.5, 0.6) is 0 Å². The van der Waals surface area contributed by atoms with Gasteiger partial charge in [-0.3, -0.25) is 9.48 Å². The van der Waals surface area contributed by atoms with Crippen molar-refractivity contribution < 1.29 is 4.79 Å². The van der Waals surface area contributed by atoms with Gasteiger partial charge >= 0.3 is 0 Å². The van der Waals surface area contributed by atoms with E-state index in [1.165, 1.54) is 0 Å². The molecular formula is C14H16ClN3O. The maximum atomic E-state index is 12.1. The molecule has 5 heteroatoms. The van der Waals surface area contributed by atoms with Gasteiger partial charge in [0.1, 0.15) is 5.38 Å². The average Bonchev–Trinajstić information content (AvgIpc) is 2.65. The number of amides is 1. The zero-order valence-electron chi connectivity index (χ0n) is 11.1. The van der Waals surface area contributed by atoms with Crippen molar-refractivity contribution in [3.05, 3.63) is 47.3 Å². The van der Waals surface area contributed by atoms with Gasteiger partial charge in [-0.1, -0.05) is 30.3 Å². The Hall–Kier alpha value is -1.81. The first-order chi connectivity index (χ1) is 9.00. The number of carbonyl (C=O) groups is 1. The van der Waals surface area contributed by atoms with Crippen LogP contribution in [0.3, 0.4) is 0 Å². The lowest BCUT2D eigenvalue weighted by atomic mass is 10.1. The molecule has 0 radical (unpaired) electrons. The van der Waals surface area contributed by atoms with E-state index in [-0.39, 0.29) is 5.91 Å². The molecule has 1 heterocycles. The van der Waals surface area contributed by atoms with Crippen LogP contribution >= 0.6 is 11.6 Å². The third-order valence-electron chi connectivity index (χ3n) is 3.08. The van der Waals surface area contributed by atoms with Crippen molar-refractivity contribution in [2.75, 3.05) is 5.32 Å². The fourth-order valence-corrected chi connectivity index (χ4v) is 2.11. The summed E-state index contributed by atoms with van der Waals surface area (Å²) < 4.78 is 1.73. The first-order valence-corrected chi connectivity index (χ1v) is 6.44. The minimum Gasteiger partial charge on any atom is -0.321 e. The number of aryl methyl sites for hydroxylation is 2. The summed E-state index contributed by atoms with van der Waals surface area (Å²) in [6.45, 7) is 3.76. The second kappa shape index (κ2) is 5.45. The highest BCUT2D eigenvalue weighted by Crippen LogP contribution is 2.24. The maximum Gasteiger partial charge on any atom is 0.247 e. The molecule has 0 saturated heterocycles. The smallest absolute Gasteiger partial charge is 0.247 e. The quantitative estimate of drug-likeness (QED) is 0.877. The molecule has 0 aliphatic carbocycles. The van der Waals surface area contributed by atoms with Gasteiger partial charge < -0.3 is 5.32 Å². The molecule has 0 bridgehead atoms. The number of anilines is 1. The Labute approximate surface area is 117 Å². The van der Waals surface area contributed by atoms with Crippen molar-refractivity contribution in [1.82, 2.24) is 9.78 Å². The molecule has 1 aromatic carbocycles. The van der Waals surface area contributed by atoms with Crippen molar-refractivity contribution in [2.45, 2.75) is 19.2 Å². The van der Waals surface area contributed by atoms with E-state index in [2.05, 4.69) is 10.4 Å². The summed E-state index contributed by atoms with van der Waals surface area (Å²) in [5.41, 5.74) is 3.20. The van der Waals surface area contributed by atoms with Crippen LogP contribution in [0.25, 0.3) is 0 Å². The van der Waals surface area contributed by atoms with E-state index in [4.69, 9.17) is 11.6 Å². The second-order valence-electron chi connectivity index (χ2n) is 4.43. The van der Waals surface area contributed by atoms with Gasteiger partial charge in [0.25, 0.3) is 0 Å². The standard InChI is InChI=1S/C14H16ClN3O/c1-9-13(10(2)18(3)17-9)16-14(19)12(15)11-7-5-4-6-8-11/h4-8,12H,1-3H3,(H,16,19). The molecule has 2 aromatic rings. The summed E-state index contributed by atoms with van der Waals surface area (Å²) >= 11 is 6.18. The first kappa shape index (κ1) is 13.6. The SMILES string of the molecule is Cc1nn(C)c(C)c1NC(=O)C(Cl)c1ccccc1. The van der Waals surface area contributed by atoms with E-state index in [0.717, 1.165) is 22.6 Å². The van der Waals surface area contributed by atoms with Crippen LogP contribution in [0, 0.1) is 13.8 Å². The van der Waals surface area contributed by atoms with Crippen LogP contribution < -0.4 is 5.32 Å². The van der Waals surface area contributed by atoms with Gasteiger partial charge in [0, 0.05) is 7.05 Å². The Bertz CT molecular complexity index is 592. The molecule has 19 heavy (non-hydrogen) atoms. The van der Waals surface area contributed by atoms with E-state index >= 15 is 0 Å². The minimum atomic E-state index is -0.708. The van der Waals surface area contributed by atoms with Gasteiger partial charge in [-0.2, -0.15) is 5.10 Å². The van der Waals surface area contributed by atoms with Crippen molar-refractivity contribution in [3.8, 4) is 0 Å². The highest BCUT2D eigenvalue weighted by Gasteiger charge is 2.20. The summed E-state index contributed by atoms with van der Waals surface area (Å²) in [6.07, 6.45) is 0. The zero-order chi connectivity index (χ0) is 14.0. The predicted octanol–water partition coefficient (Wildman–Crippen LogP) is 2.96. The summed E-state index contributed by atoms with van der Waals surface area (Å²) in [4.78, 5) is 12.1. The second-order valence-corrected chi connectivity index (χ2v) is 4.87. The van der Waals surface area contributed by atoms with Crippen LogP contribution in [0.2, 0.25) is 0 Å². The summed E-state index contributed by atoms with van der Waals surface area (Å²) in [5.74, 6) is -0.243. The van der Waals surface area contributed by atoms with Crippen LogP contribution in [-0.4, -0.2) is 15.7 Å². The number of nitrogens with zero attached hydrogens (tertiary/aromatic N) is 2. The third-order valence-corrected chi connectivity index (χ3v) is 3.53. The molecule has 100 valence electrons. The van der Waals surface area contributed by atoms with Crippen molar-refractivity contribution in [1.29, 1.82) is 0 Å². The van der Waals surface area contributed by atoms with E-state index < -0.39 is 5.38 Å². The number of rotatable bonds is 3. The molecule has 0 spiro atoms. The number of carbonyl (C=O) groups excluding carboxylic acids is 1. The molecular weight excluding hydrogens is 262 g/mol. The fourth-order valence-electron chi connectivity index (χ4n) is 1.91. The minimum absolute atomic E-state index is 0.243. The van der Waals surface area contributed by atoms with E-state index in [0.29, 0.717) is 0 Å². The maximum absolute atomic E-state index is 12.1. The third kappa shape index (κ3) is 2.79. The number of benzene rings is 1. The monoisotopic (exact) mass is 277 g/mol. The van der Waals surface area contributed by atoms with Gasteiger partial charge in [0.15, 0.2) is 0 Å². The Morgan fingerprint density at radius 1 is 1.32 bits per heavy atom. The lowest BCUT2D eigenvalue weighted by Crippen LogP contribution is -2.18. The van der Waals surface area contributed by atoms with Crippen molar-refractivity contribution in [2.24, 2.45) is 7.05 Å². The Balaban J connectivity index is 2.18. The average molecular weight is 278 g/mol. The predicted molar refractivity (Wildman–Crippen MR) is 76.3 cm³/mol. The van der Waals surface area contributed by atoms with Gasteiger partial charge in [0.05, 0.1) is 17.1 Å². The summed E-state index contributed by atoms with van der Waals surface area (Å²) in [7, 11) is 1.84. The Morgan fingerprint density at radius 3 is 2.47 bits per heavy atom. The number of halogens is 1. The summed E-state index contributed by atoms with van der Waals surface area (Å²) in [5, 5.41) is 6.39. The molecule has 1 N–H and O–H groups in total. The molecule has 1 amide bonds. The lowest BCUT2D eigenvalue weighted by Gasteiger charge is -2.11. The Morgan fingerprint density at radius 2 is 1.95 bits per heavy atom. The Kier molecular flexibility index (Phi) is 3.90. The van der Waals surface area contributed by atoms with Crippen LogP contribution in [0.1, 0.15) is 22.3 Å². The largest absolute Gasteiger partial charge is 0.321 e. The van der Waals surface area contributed by atoms with Crippen molar-refractivity contribution >= 4 is 23.2 Å². The van der Waals surface area contributed by atoms with Gasteiger partial charge in [0.2, 0.25) is 5.91 Å². The molecule has 0 saturated carbocycles. The topological polar surface area (TPSA) is 46.9 Å². The highest BCUT2D eigenvalue weighted by atomic mass is 35.5. The van der Waals surface area contributed by atoms with Crippen LogP contribution in [-0.2, 0) is 11.8 Å². The van der Waals surface area contributed by atoms with Crippen molar-refractivity contribution in [3.63, 3.8) is 0 Å². The van der Waals surface area contributed by atoms with Crippen LogP contribution in [0.15, 0.2) is 30.3 Å². The number of alkyl halides is 1. The van der Waals surface area contributed by atoms with Gasteiger partial charge in [-0.15, -0.1) is 11.6 Å². The molecule has 1 unspecified atom stereocenters. The number of aromatic nitrogens is 2. The molecule has 1 aromatic heterocycles. The van der Waals surface area contributed by atoms with Gasteiger partial charge in [-0.25, -0.2) is 0 Å². The summed E-state index contributed by atoms with van der Waals surface area (Å²) in [6, 6.07) is 9.28. The number of nitrogens with one attached hydrogen (secondary N) is 1. The molecule has 1 atom stereocenters. The normalized spacial score (nSPS) is 12.2. The molecule has 0 fully saturated rings. The molecule has 4 nitrogen and oxygen atoms in total. The lowest BCUT2D eigenvalue weighted by molar-refractivity contribution is -0.116. The fraction of sp³-hybridized carbons (Fsp3) is 0.286. The van der Waals surface area contributed by atoms with E-state index in [1.807, 2.05) is 51.2 Å². The number of hydrogen-bond donors (Lipinski definition) is 1. The molecule has 2 rings (SSSR count). The molecule has 0 aliphatic rings. The number of hydrogen-bond acceptors (Lipinski definition) is 2. The van der Waals surface area contributed by atoms with Gasteiger partial charge in [-0.05, 0) is 19.4 Å². The highest BCUT2D eigenvalue weighted by molar-refractivity contribution is 6.32. The van der Waals surface area contributed by atoms with Crippen LogP contribution in [0.4, 0.5) is 5.69 Å². The first-order valence-electron chi connectivity index (χ1n) is 6.00.